The number of piperazine rings is 1. The molecule has 1 fully saturated rings. The SMILES string of the molecule is CC(Oc1ccc(C(=O)NCc2ccc(N3CCNC(=O)C3)cc2)cn1)c1ccccc1. The standard InChI is InChI=1S/C25H26N4O3/c1-18(20-5-3-2-4-6-20)32-24-12-9-21(16-27-24)25(31)28-15-19-7-10-22(11-8-19)29-14-13-26-23(30)17-29/h2-12,16,18H,13-15,17H2,1H3,(H,26,30)(H,28,31). The summed E-state index contributed by atoms with van der Waals surface area (Å²) in [5.74, 6) is 0.309. The molecule has 7 nitrogen and oxygen atoms in total. The summed E-state index contributed by atoms with van der Waals surface area (Å²) < 4.78 is 5.86. The van der Waals surface area contributed by atoms with Crippen molar-refractivity contribution < 1.29 is 14.3 Å². The first-order valence-corrected chi connectivity index (χ1v) is 10.6. The first-order valence-electron chi connectivity index (χ1n) is 10.6. The second kappa shape index (κ2) is 9.96. The van der Waals surface area contributed by atoms with Crippen molar-refractivity contribution in [2.45, 2.75) is 19.6 Å². The van der Waals surface area contributed by atoms with Crippen molar-refractivity contribution in [3.05, 3.63) is 89.6 Å². The maximum atomic E-state index is 12.5. The summed E-state index contributed by atoms with van der Waals surface area (Å²) in [6, 6.07) is 21.2. The van der Waals surface area contributed by atoms with Crippen molar-refractivity contribution in [1.82, 2.24) is 15.6 Å². The zero-order valence-electron chi connectivity index (χ0n) is 18.0. The molecule has 2 N–H and O–H groups in total. The van der Waals surface area contributed by atoms with Crippen LogP contribution in [0.5, 0.6) is 5.88 Å². The van der Waals surface area contributed by atoms with Crippen LogP contribution >= 0.6 is 0 Å². The van der Waals surface area contributed by atoms with E-state index >= 15 is 0 Å². The Labute approximate surface area is 187 Å². The Morgan fingerprint density at radius 2 is 1.91 bits per heavy atom. The highest BCUT2D eigenvalue weighted by Crippen LogP contribution is 2.20. The number of aromatic nitrogens is 1. The molecule has 1 saturated heterocycles. The number of anilines is 1. The predicted octanol–water partition coefficient (Wildman–Crippen LogP) is 3.09. The minimum absolute atomic E-state index is 0.0344. The van der Waals surface area contributed by atoms with Gasteiger partial charge in [-0.05, 0) is 36.2 Å². The zero-order valence-corrected chi connectivity index (χ0v) is 18.0. The number of pyridine rings is 1. The summed E-state index contributed by atoms with van der Waals surface area (Å²) in [6.07, 6.45) is 1.39. The van der Waals surface area contributed by atoms with Gasteiger partial charge in [0.1, 0.15) is 6.10 Å². The van der Waals surface area contributed by atoms with Crippen LogP contribution in [0.15, 0.2) is 72.9 Å². The molecule has 1 aromatic heterocycles. The highest BCUT2D eigenvalue weighted by molar-refractivity contribution is 5.93. The number of amides is 2. The molecule has 2 aromatic carbocycles. The Kier molecular flexibility index (Phi) is 6.65. The summed E-state index contributed by atoms with van der Waals surface area (Å²) in [6.45, 7) is 4.18. The number of nitrogens with zero attached hydrogens (tertiary/aromatic N) is 2. The van der Waals surface area contributed by atoms with Gasteiger partial charge < -0.3 is 20.3 Å². The maximum absolute atomic E-state index is 12.5. The first kappa shape index (κ1) is 21.4. The Morgan fingerprint density at radius 3 is 2.59 bits per heavy atom. The van der Waals surface area contributed by atoms with Crippen LogP contribution in [0.1, 0.15) is 34.5 Å². The average Bonchev–Trinajstić information content (AvgIpc) is 2.84. The zero-order chi connectivity index (χ0) is 22.3. The molecule has 0 saturated carbocycles. The van der Waals surface area contributed by atoms with Gasteiger partial charge in [-0.15, -0.1) is 0 Å². The number of hydrogen-bond acceptors (Lipinski definition) is 5. The molecular formula is C25H26N4O3. The van der Waals surface area contributed by atoms with Crippen molar-refractivity contribution >= 4 is 17.5 Å². The van der Waals surface area contributed by atoms with E-state index < -0.39 is 0 Å². The van der Waals surface area contributed by atoms with Crippen molar-refractivity contribution in [3.63, 3.8) is 0 Å². The van der Waals surface area contributed by atoms with Gasteiger partial charge in [0.2, 0.25) is 11.8 Å². The van der Waals surface area contributed by atoms with Crippen LogP contribution in [0.3, 0.4) is 0 Å². The van der Waals surface area contributed by atoms with E-state index in [1.54, 1.807) is 12.1 Å². The molecule has 0 aliphatic carbocycles. The van der Waals surface area contributed by atoms with Gasteiger partial charge in [-0.3, -0.25) is 9.59 Å². The molecular weight excluding hydrogens is 404 g/mol. The Morgan fingerprint density at radius 1 is 1.12 bits per heavy atom. The van der Waals surface area contributed by atoms with E-state index in [1.807, 2.05) is 66.4 Å². The lowest BCUT2D eigenvalue weighted by atomic mass is 10.1. The summed E-state index contributed by atoms with van der Waals surface area (Å²) >= 11 is 0. The minimum Gasteiger partial charge on any atom is -0.470 e. The molecule has 0 bridgehead atoms. The number of ether oxygens (including phenoxy) is 1. The van der Waals surface area contributed by atoms with Gasteiger partial charge in [-0.25, -0.2) is 4.98 Å². The lowest BCUT2D eigenvalue weighted by Crippen LogP contribution is -2.47. The van der Waals surface area contributed by atoms with Crippen molar-refractivity contribution in [2.75, 3.05) is 24.5 Å². The fourth-order valence-corrected chi connectivity index (χ4v) is 3.53. The topological polar surface area (TPSA) is 83.6 Å². The minimum atomic E-state index is -0.197. The molecule has 3 aromatic rings. The number of benzene rings is 2. The summed E-state index contributed by atoms with van der Waals surface area (Å²) in [5, 5.41) is 5.73. The third-order valence-electron chi connectivity index (χ3n) is 5.36. The highest BCUT2D eigenvalue weighted by atomic mass is 16.5. The van der Waals surface area contributed by atoms with Gasteiger partial charge in [-0.1, -0.05) is 42.5 Å². The molecule has 0 spiro atoms. The number of hydrogen-bond donors (Lipinski definition) is 2. The van der Waals surface area contributed by atoms with Crippen LogP contribution in [0.25, 0.3) is 0 Å². The van der Waals surface area contributed by atoms with E-state index in [0.717, 1.165) is 23.4 Å². The third kappa shape index (κ3) is 5.43. The second-order valence-corrected chi connectivity index (χ2v) is 7.68. The van der Waals surface area contributed by atoms with Gasteiger partial charge in [-0.2, -0.15) is 0 Å². The van der Waals surface area contributed by atoms with Gasteiger partial charge in [0.25, 0.3) is 5.91 Å². The normalized spacial score (nSPS) is 14.4. The van der Waals surface area contributed by atoms with E-state index in [0.29, 0.717) is 31.1 Å². The van der Waals surface area contributed by atoms with Crippen molar-refractivity contribution in [2.24, 2.45) is 0 Å². The van der Waals surface area contributed by atoms with Gasteiger partial charge in [0.15, 0.2) is 0 Å². The lowest BCUT2D eigenvalue weighted by molar-refractivity contribution is -0.120. The van der Waals surface area contributed by atoms with Crippen LogP contribution in [-0.4, -0.2) is 36.4 Å². The van der Waals surface area contributed by atoms with Crippen molar-refractivity contribution in [3.8, 4) is 5.88 Å². The van der Waals surface area contributed by atoms with E-state index in [4.69, 9.17) is 4.74 Å². The van der Waals surface area contributed by atoms with E-state index in [1.165, 1.54) is 6.20 Å². The molecule has 1 aliphatic rings. The lowest BCUT2D eigenvalue weighted by Gasteiger charge is -2.28. The molecule has 2 amide bonds. The molecule has 1 atom stereocenters. The smallest absolute Gasteiger partial charge is 0.253 e. The molecule has 0 radical (unpaired) electrons. The summed E-state index contributed by atoms with van der Waals surface area (Å²) in [5.41, 5.74) is 3.51. The number of carbonyl (C=O) groups excluding carboxylic acids is 2. The van der Waals surface area contributed by atoms with Gasteiger partial charge >= 0.3 is 0 Å². The second-order valence-electron chi connectivity index (χ2n) is 7.68. The fraction of sp³-hybridized carbons (Fsp3) is 0.240. The molecule has 1 aliphatic heterocycles. The summed E-state index contributed by atoms with van der Waals surface area (Å²) in [4.78, 5) is 30.3. The van der Waals surface area contributed by atoms with Crippen LogP contribution in [0, 0.1) is 0 Å². The maximum Gasteiger partial charge on any atom is 0.253 e. The fourth-order valence-electron chi connectivity index (χ4n) is 3.53. The monoisotopic (exact) mass is 430 g/mol. The Hall–Kier alpha value is -3.87. The molecule has 32 heavy (non-hydrogen) atoms. The third-order valence-corrected chi connectivity index (χ3v) is 5.36. The molecule has 164 valence electrons. The van der Waals surface area contributed by atoms with Crippen molar-refractivity contribution in [1.29, 1.82) is 0 Å². The molecule has 2 heterocycles. The van der Waals surface area contributed by atoms with Crippen LogP contribution < -0.4 is 20.3 Å². The Balaban J connectivity index is 1.29. The quantitative estimate of drug-likeness (QED) is 0.602. The van der Waals surface area contributed by atoms with Crippen LogP contribution in [0.4, 0.5) is 5.69 Å². The summed E-state index contributed by atoms with van der Waals surface area (Å²) in [7, 11) is 0. The predicted molar refractivity (Wildman–Crippen MR) is 123 cm³/mol. The van der Waals surface area contributed by atoms with E-state index in [2.05, 4.69) is 15.6 Å². The molecule has 4 rings (SSSR count). The van der Waals surface area contributed by atoms with Gasteiger partial charge in [0.05, 0.1) is 12.1 Å². The molecule has 1 unspecified atom stereocenters. The average molecular weight is 431 g/mol. The van der Waals surface area contributed by atoms with Gasteiger partial charge in [0, 0.05) is 37.6 Å². The first-order chi connectivity index (χ1) is 15.6. The van der Waals surface area contributed by atoms with Crippen LogP contribution in [0.2, 0.25) is 0 Å². The number of carbonyl (C=O) groups is 2. The number of rotatable bonds is 7. The molecule has 7 heteroatoms. The number of nitrogens with one attached hydrogen (secondary N) is 2. The Bertz CT molecular complexity index is 1050. The highest BCUT2D eigenvalue weighted by Gasteiger charge is 2.16. The van der Waals surface area contributed by atoms with Crippen LogP contribution in [-0.2, 0) is 11.3 Å². The van der Waals surface area contributed by atoms with E-state index in [-0.39, 0.29) is 17.9 Å². The van der Waals surface area contributed by atoms with E-state index in [9.17, 15) is 9.59 Å². The largest absolute Gasteiger partial charge is 0.470 e.